The van der Waals surface area contributed by atoms with Crippen molar-refractivity contribution in [2.75, 3.05) is 5.32 Å². The van der Waals surface area contributed by atoms with Crippen LogP contribution in [-0.4, -0.2) is 10.8 Å². The molecule has 2 N–H and O–H groups in total. The summed E-state index contributed by atoms with van der Waals surface area (Å²) in [5.41, 5.74) is 5.13. The lowest BCUT2D eigenvalue weighted by atomic mass is 10.2. The van der Waals surface area contributed by atoms with Crippen molar-refractivity contribution in [1.82, 2.24) is 5.43 Å². The van der Waals surface area contributed by atoms with Gasteiger partial charge in [-0.15, -0.1) is 0 Å². The van der Waals surface area contributed by atoms with E-state index in [1.165, 1.54) is 0 Å². The number of nitrogens with zero attached hydrogens (tertiary/aromatic N) is 1. The number of nitrogens with one attached hydrogen (secondary N) is 2. The van der Waals surface area contributed by atoms with Crippen molar-refractivity contribution >= 4 is 51.3 Å². The summed E-state index contributed by atoms with van der Waals surface area (Å²) in [6.45, 7) is 1.85. The van der Waals surface area contributed by atoms with Crippen molar-refractivity contribution in [2.24, 2.45) is 5.10 Å². The van der Waals surface area contributed by atoms with Gasteiger partial charge in [-0.2, -0.15) is 5.10 Å². The summed E-state index contributed by atoms with van der Waals surface area (Å²) >= 11 is 11.1. The third-order valence-corrected chi connectivity index (χ3v) is 3.62. The zero-order valence-corrected chi connectivity index (χ0v) is 13.9. The van der Waals surface area contributed by atoms with Crippen molar-refractivity contribution in [3.63, 3.8) is 0 Å². The molecule has 0 aliphatic carbocycles. The molecule has 0 saturated heterocycles. The van der Waals surface area contributed by atoms with E-state index in [1.807, 2.05) is 49.4 Å². The highest BCUT2D eigenvalue weighted by Crippen LogP contribution is 2.19. The minimum atomic E-state index is 0.378. The molecule has 3 aromatic rings. The van der Waals surface area contributed by atoms with Crippen molar-refractivity contribution < 1.29 is 4.42 Å². The predicted octanol–water partition coefficient (Wildman–Crippen LogP) is 4.80. The number of fused-ring (bicyclic) bond motifs is 1. The van der Waals surface area contributed by atoms with Crippen LogP contribution in [0.3, 0.4) is 0 Å². The molecule has 4 nitrogen and oxygen atoms in total. The molecule has 1 aromatic heterocycles. The Labute approximate surface area is 144 Å². The SMILES string of the molecule is C/C(=N\NC(=S)Nc1cccc(Cl)c1)c1cc2ccccc2o1. The van der Waals surface area contributed by atoms with Gasteiger partial charge in [-0.05, 0) is 49.5 Å². The largest absolute Gasteiger partial charge is 0.455 e. The van der Waals surface area contributed by atoms with Crippen LogP contribution in [0.15, 0.2) is 64.1 Å². The van der Waals surface area contributed by atoms with Crippen LogP contribution < -0.4 is 10.7 Å². The van der Waals surface area contributed by atoms with Crippen molar-refractivity contribution in [2.45, 2.75) is 6.92 Å². The van der Waals surface area contributed by atoms with Crippen LogP contribution in [0, 0.1) is 0 Å². The van der Waals surface area contributed by atoms with Gasteiger partial charge in [0.1, 0.15) is 11.3 Å². The molecule has 2 aromatic carbocycles. The Hall–Kier alpha value is -2.37. The molecule has 0 spiro atoms. The Kier molecular flexibility index (Phi) is 4.60. The molecule has 0 bridgehead atoms. The van der Waals surface area contributed by atoms with Gasteiger partial charge < -0.3 is 9.73 Å². The summed E-state index contributed by atoms with van der Waals surface area (Å²) in [6.07, 6.45) is 0. The third-order valence-electron chi connectivity index (χ3n) is 3.19. The van der Waals surface area contributed by atoms with Gasteiger partial charge in [0.2, 0.25) is 0 Å². The fourth-order valence-corrected chi connectivity index (χ4v) is 2.43. The molecule has 0 aliphatic heterocycles. The first-order chi connectivity index (χ1) is 11.1. The van der Waals surface area contributed by atoms with Crippen LogP contribution in [-0.2, 0) is 0 Å². The zero-order chi connectivity index (χ0) is 16.2. The topological polar surface area (TPSA) is 49.6 Å². The van der Waals surface area contributed by atoms with Crippen molar-refractivity contribution in [1.29, 1.82) is 0 Å². The van der Waals surface area contributed by atoms with Crippen molar-refractivity contribution in [3.05, 3.63) is 65.4 Å². The number of anilines is 1. The lowest BCUT2D eigenvalue weighted by molar-refractivity contribution is 0.603. The molecule has 3 rings (SSSR count). The third kappa shape index (κ3) is 3.88. The molecule has 0 atom stereocenters. The smallest absolute Gasteiger partial charge is 0.191 e. The molecule has 1 heterocycles. The average Bonchev–Trinajstić information content (AvgIpc) is 2.97. The standard InChI is InChI=1S/C17H14ClN3OS/c1-11(16-9-12-5-2-3-8-15(12)22-16)20-21-17(23)19-14-7-4-6-13(18)10-14/h2-10H,1H3,(H2,19,21,23)/b20-11+. The van der Waals surface area contributed by atoms with Gasteiger partial charge in [0.25, 0.3) is 0 Å². The first-order valence-corrected chi connectivity index (χ1v) is 7.76. The molecule has 23 heavy (non-hydrogen) atoms. The van der Waals surface area contributed by atoms with Crippen LogP contribution in [0.1, 0.15) is 12.7 Å². The maximum atomic E-state index is 5.93. The van der Waals surface area contributed by atoms with Crippen molar-refractivity contribution in [3.8, 4) is 0 Å². The second-order valence-electron chi connectivity index (χ2n) is 4.92. The molecule has 0 aliphatic rings. The highest BCUT2D eigenvalue weighted by Gasteiger charge is 2.06. The molecule has 0 fully saturated rings. The van der Waals surface area contributed by atoms with Gasteiger partial charge in [0.15, 0.2) is 10.9 Å². The molecule has 0 radical (unpaired) electrons. The maximum Gasteiger partial charge on any atom is 0.191 e. The summed E-state index contributed by atoms with van der Waals surface area (Å²) in [5.74, 6) is 0.698. The molecule has 0 saturated carbocycles. The Morgan fingerprint density at radius 3 is 2.74 bits per heavy atom. The van der Waals surface area contributed by atoms with Gasteiger partial charge in [0, 0.05) is 16.1 Å². The Bertz CT molecular complexity index is 855. The first-order valence-electron chi connectivity index (χ1n) is 6.97. The lowest BCUT2D eigenvalue weighted by Gasteiger charge is -2.07. The molecular weight excluding hydrogens is 330 g/mol. The summed E-state index contributed by atoms with van der Waals surface area (Å²) in [5, 5.41) is 9.31. The van der Waals surface area contributed by atoms with Crippen LogP contribution in [0.25, 0.3) is 11.0 Å². The number of halogens is 1. The minimum Gasteiger partial charge on any atom is -0.455 e. The van der Waals surface area contributed by atoms with Gasteiger partial charge in [-0.1, -0.05) is 35.9 Å². The number of para-hydroxylation sites is 1. The van der Waals surface area contributed by atoms with Crippen LogP contribution in [0.5, 0.6) is 0 Å². The number of thiocarbonyl (C=S) groups is 1. The lowest BCUT2D eigenvalue weighted by Crippen LogP contribution is -2.24. The van der Waals surface area contributed by atoms with Crippen LogP contribution >= 0.6 is 23.8 Å². The minimum absolute atomic E-state index is 0.378. The Balaban J connectivity index is 1.67. The van der Waals surface area contributed by atoms with Gasteiger partial charge in [0.05, 0.1) is 0 Å². The molecular formula is C17H14ClN3OS. The number of rotatable bonds is 3. The van der Waals surface area contributed by atoms with E-state index in [9.17, 15) is 0 Å². The molecule has 0 unspecified atom stereocenters. The maximum absolute atomic E-state index is 5.93. The molecule has 0 amide bonds. The van der Waals surface area contributed by atoms with E-state index in [1.54, 1.807) is 12.1 Å². The highest BCUT2D eigenvalue weighted by molar-refractivity contribution is 7.80. The normalized spacial score (nSPS) is 11.5. The van der Waals surface area contributed by atoms with E-state index in [2.05, 4.69) is 15.8 Å². The summed E-state index contributed by atoms with van der Waals surface area (Å²) in [7, 11) is 0. The Morgan fingerprint density at radius 2 is 1.96 bits per heavy atom. The van der Waals surface area contributed by atoms with Gasteiger partial charge in [-0.3, -0.25) is 5.43 Å². The monoisotopic (exact) mass is 343 g/mol. The second kappa shape index (κ2) is 6.81. The van der Waals surface area contributed by atoms with E-state index >= 15 is 0 Å². The fourth-order valence-electron chi connectivity index (χ4n) is 2.08. The van der Waals surface area contributed by atoms with E-state index in [4.69, 9.17) is 28.2 Å². The highest BCUT2D eigenvalue weighted by atomic mass is 35.5. The Morgan fingerprint density at radius 1 is 1.13 bits per heavy atom. The number of hydrogen-bond donors (Lipinski definition) is 2. The molecule has 6 heteroatoms. The van der Waals surface area contributed by atoms with Gasteiger partial charge in [-0.25, -0.2) is 0 Å². The zero-order valence-electron chi connectivity index (χ0n) is 12.3. The number of hydrogen-bond acceptors (Lipinski definition) is 3. The van der Waals surface area contributed by atoms with Gasteiger partial charge >= 0.3 is 0 Å². The first kappa shape index (κ1) is 15.5. The summed E-state index contributed by atoms with van der Waals surface area (Å²) < 4.78 is 5.74. The summed E-state index contributed by atoms with van der Waals surface area (Å²) in [6, 6.07) is 17.1. The quantitative estimate of drug-likeness (QED) is 0.407. The number of benzene rings is 2. The number of hydrazone groups is 1. The fraction of sp³-hybridized carbons (Fsp3) is 0.0588. The van der Waals surface area contributed by atoms with Crippen LogP contribution in [0.4, 0.5) is 5.69 Å². The number of furan rings is 1. The van der Waals surface area contributed by atoms with Crippen LogP contribution in [0.2, 0.25) is 5.02 Å². The van der Waals surface area contributed by atoms with E-state index in [0.29, 0.717) is 21.6 Å². The summed E-state index contributed by atoms with van der Waals surface area (Å²) in [4.78, 5) is 0. The van der Waals surface area contributed by atoms with E-state index in [0.717, 1.165) is 16.7 Å². The average molecular weight is 344 g/mol. The van der Waals surface area contributed by atoms with E-state index in [-0.39, 0.29) is 0 Å². The molecule has 116 valence electrons. The second-order valence-corrected chi connectivity index (χ2v) is 5.77. The predicted molar refractivity (Wildman–Crippen MR) is 99.2 cm³/mol. The van der Waals surface area contributed by atoms with E-state index < -0.39 is 0 Å².